The maximum absolute atomic E-state index is 13.5. The smallest absolute Gasteiger partial charge is 0.337 e. The fraction of sp³-hybridized carbons (Fsp3) is 0.217. The van der Waals surface area contributed by atoms with E-state index in [1.165, 1.54) is 15.9 Å². The number of aryl methyl sites for hydroxylation is 2. The molecular weight excluding hydrogens is 420 g/mol. The Kier molecular flexibility index (Phi) is 5.54. The second-order valence-electron chi connectivity index (χ2n) is 7.03. The zero-order valence-corrected chi connectivity index (χ0v) is 18.5. The Labute approximate surface area is 182 Å². The van der Waals surface area contributed by atoms with Gasteiger partial charge in [-0.1, -0.05) is 23.7 Å². The average molecular weight is 441 g/mol. The lowest BCUT2D eigenvalue weighted by Crippen LogP contribution is -2.38. The summed E-state index contributed by atoms with van der Waals surface area (Å²) in [4.78, 5) is 28.6. The number of ether oxygens (including phenoxy) is 1. The maximum atomic E-state index is 13.5. The minimum atomic E-state index is -0.377. The third-order valence-corrected chi connectivity index (χ3v) is 6.55. The van der Waals surface area contributed by atoms with Crippen LogP contribution in [0.4, 0.5) is 0 Å². The first-order chi connectivity index (χ1) is 14.4. The molecule has 154 valence electrons. The molecule has 0 radical (unpaired) electrons. The Morgan fingerprint density at radius 2 is 1.80 bits per heavy atom. The van der Waals surface area contributed by atoms with Crippen molar-refractivity contribution >= 4 is 33.2 Å². The number of fused-ring (bicyclic) bond motifs is 1. The quantitative estimate of drug-likeness (QED) is 0.442. The van der Waals surface area contributed by atoms with Gasteiger partial charge in [0.2, 0.25) is 0 Å². The van der Waals surface area contributed by atoms with Gasteiger partial charge < -0.3 is 4.74 Å². The standard InChI is InChI=1S/C23H21ClN2O3S/c1-4-29-19-10-8-18(9-11-19)26-21(27)20-14(2)15(3)30-22(20)25(23(26)28)13-16-6-5-7-17(24)12-16/h5-12H,4,13H2,1-3H3. The molecule has 0 fully saturated rings. The first-order valence-electron chi connectivity index (χ1n) is 9.64. The van der Waals surface area contributed by atoms with Gasteiger partial charge in [0.15, 0.2) is 0 Å². The van der Waals surface area contributed by atoms with E-state index in [-0.39, 0.29) is 11.2 Å². The van der Waals surface area contributed by atoms with Gasteiger partial charge in [-0.3, -0.25) is 9.36 Å². The third kappa shape index (κ3) is 3.57. The number of hydrogen-bond acceptors (Lipinski definition) is 4. The second-order valence-corrected chi connectivity index (χ2v) is 8.67. The summed E-state index contributed by atoms with van der Waals surface area (Å²) in [7, 11) is 0. The van der Waals surface area contributed by atoms with Crippen LogP contribution in [0.5, 0.6) is 5.75 Å². The molecule has 0 saturated carbocycles. The van der Waals surface area contributed by atoms with E-state index in [1.807, 2.05) is 39.0 Å². The maximum Gasteiger partial charge on any atom is 0.337 e. The van der Waals surface area contributed by atoms with Crippen LogP contribution >= 0.6 is 22.9 Å². The monoisotopic (exact) mass is 440 g/mol. The van der Waals surface area contributed by atoms with Crippen LogP contribution in [0, 0.1) is 13.8 Å². The van der Waals surface area contributed by atoms with Crippen LogP contribution in [0.1, 0.15) is 22.9 Å². The average Bonchev–Trinajstić information content (AvgIpc) is 3.02. The molecule has 0 amide bonds. The summed E-state index contributed by atoms with van der Waals surface area (Å²) in [5, 5.41) is 1.18. The molecule has 0 aliphatic rings. The van der Waals surface area contributed by atoms with E-state index < -0.39 is 0 Å². The molecule has 2 heterocycles. The number of thiophene rings is 1. The van der Waals surface area contributed by atoms with E-state index in [9.17, 15) is 9.59 Å². The van der Waals surface area contributed by atoms with Gasteiger partial charge in [-0.25, -0.2) is 9.36 Å². The summed E-state index contributed by atoms with van der Waals surface area (Å²) < 4.78 is 8.38. The van der Waals surface area contributed by atoms with Gasteiger partial charge in [0, 0.05) is 9.90 Å². The summed E-state index contributed by atoms with van der Waals surface area (Å²) in [6, 6.07) is 14.4. The number of halogens is 1. The fourth-order valence-corrected chi connectivity index (χ4v) is 4.85. The summed E-state index contributed by atoms with van der Waals surface area (Å²) in [5.74, 6) is 0.692. The van der Waals surface area contributed by atoms with Gasteiger partial charge in [0.05, 0.1) is 24.2 Å². The summed E-state index contributed by atoms with van der Waals surface area (Å²) >= 11 is 7.61. The molecule has 0 unspecified atom stereocenters. The second kappa shape index (κ2) is 8.13. The predicted molar refractivity (Wildman–Crippen MR) is 123 cm³/mol. The molecule has 4 rings (SSSR count). The van der Waals surface area contributed by atoms with Crippen LogP contribution in [0.25, 0.3) is 15.9 Å². The van der Waals surface area contributed by atoms with Crippen molar-refractivity contribution in [3.05, 3.63) is 90.4 Å². The van der Waals surface area contributed by atoms with E-state index >= 15 is 0 Å². The van der Waals surface area contributed by atoms with E-state index in [2.05, 4.69) is 0 Å². The van der Waals surface area contributed by atoms with Gasteiger partial charge in [0.1, 0.15) is 10.6 Å². The molecule has 0 aliphatic heterocycles. The molecule has 0 atom stereocenters. The SMILES string of the molecule is CCOc1ccc(-n2c(=O)c3c(C)c(C)sc3n(Cc3cccc(Cl)c3)c2=O)cc1. The zero-order chi connectivity index (χ0) is 21.4. The van der Waals surface area contributed by atoms with Crippen LogP contribution in [0.3, 0.4) is 0 Å². The highest BCUT2D eigenvalue weighted by molar-refractivity contribution is 7.18. The largest absolute Gasteiger partial charge is 0.494 e. The number of hydrogen-bond donors (Lipinski definition) is 0. The van der Waals surface area contributed by atoms with Crippen molar-refractivity contribution in [1.82, 2.24) is 9.13 Å². The molecule has 0 aliphatic carbocycles. The van der Waals surface area contributed by atoms with E-state index in [4.69, 9.17) is 16.3 Å². The zero-order valence-electron chi connectivity index (χ0n) is 16.9. The topological polar surface area (TPSA) is 53.2 Å². The first kappa shape index (κ1) is 20.4. The number of benzene rings is 2. The lowest BCUT2D eigenvalue weighted by Gasteiger charge is -2.13. The van der Waals surface area contributed by atoms with Crippen molar-refractivity contribution < 1.29 is 4.74 Å². The lowest BCUT2D eigenvalue weighted by molar-refractivity contribution is 0.340. The van der Waals surface area contributed by atoms with Gasteiger partial charge in [0.25, 0.3) is 5.56 Å². The molecule has 7 heteroatoms. The molecule has 30 heavy (non-hydrogen) atoms. The van der Waals surface area contributed by atoms with Crippen LogP contribution < -0.4 is 16.0 Å². The minimum absolute atomic E-state index is 0.302. The van der Waals surface area contributed by atoms with Crippen LogP contribution in [-0.4, -0.2) is 15.7 Å². The predicted octanol–water partition coefficient (Wildman–Crippen LogP) is 4.93. The Hall–Kier alpha value is -2.83. The molecule has 5 nitrogen and oxygen atoms in total. The molecule has 0 N–H and O–H groups in total. The molecule has 2 aromatic carbocycles. The Morgan fingerprint density at radius 3 is 2.47 bits per heavy atom. The third-order valence-electron chi connectivity index (χ3n) is 5.09. The van der Waals surface area contributed by atoms with E-state index in [0.29, 0.717) is 39.8 Å². The highest BCUT2D eigenvalue weighted by Crippen LogP contribution is 2.28. The normalized spacial score (nSPS) is 11.2. The van der Waals surface area contributed by atoms with Crippen molar-refractivity contribution in [2.24, 2.45) is 0 Å². The van der Waals surface area contributed by atoms with Crippen LogP contribution in [0.2, 0.25) is 5.02 Å². The lowest BCUT2D eigenvalue weighted by atomic mass is 10.2. The van der Waals surface area contributed by atoms with Crippen LogP contribution in [0.15, 0.2) is 58.1 Å². The number of aromatic nitrogens is 2. The molecule has 0 bridgehead atoms. The molecule has 0 saturated heterocycles. The summed E-state index contributed by atoms with van der Waals surface area (Å²) in [5.41, 5.74) is 1.63. The van der Waals surface area contributed by atoms with Gasteiger partial charge in [-0.15, -0.1) is 11.3 Å². The highest BCUT2D eigenvalue weighted by Gasteiger charge is 2.20. The fourth-order valence-electron chi connectivity index (χ4n) is 3.50. The summed E-state index contributed by atoms with van der Waals surface area (Å²) in [6.45, 7) is 6.67. The van der Waals surface area contributed by atoms with Gasteiger partial charge in [-0.05, 0) is 68.3 Å². The molecule has 0 spiro atoms. The number of nitrogens with zero attached hydrogens (tertiary/aromatic N) is 2. The van der Waals surface area contributed by atoms with Crippen molar-refractivity contribution in [1.29, 1.82) is 0 Å². The molecule has 4 aromatic rings. The van der Waals surface area contributed by atoms with Crippen molar-refractivity contribution in [3.8, 4) is 11.4 Å². The van der Waals surface area contributed by atoms with E-state index in [1.54, 1.807) is 34.9 Å². The van der Waals surface area contributed by atoms with Crippen LogP contribution in [-0.2, 0) is 6.54 Å². The summed E-state index contributed by atoms with van der Waals surface area (Å²) in [6.07, 6.45) is 0. The van der Waals surface area contributed by atoms with Gasteiger partial charge in [-0.2, -0.15) is 0 Å². The highest BCUT2D eigenvalue weighted by atomic mass is 35.5. The van der Waals surface area contributed by atoms with Crippen molar-refractivity contribution in [3.63, 3.8) is 0 Å². The number of rotatable bonds is 5. The van der Waals surface area contributed by atoms with Gasteiger partial charge >= 0.3 is 5.69 Å². The Bertz CT molecular complexity index is 1350. The Balaban J connectivity index is 1.98. The first-order valence-corrected chi connectivity index (χ1v) is 10.8. The van der Waals surface area contributed by atoms with Crippen molar-refractivity contribution in [2.45, 2.75) is 27.3 Å². The molecular formula is C23H21ClN2O3S. The molecule has 2 aromatic heterocycles. The van der Waals surface area contributed by atoms with Crippen molar-refractivity contribution in [2.75, 3.05) is 6.61 Å². The van der Waals surface area contributed by atoms with E-state index in [0.717, 1.165) is 16.0 Å². The minimum Gasteiger partial charge on any atom is -0.494 e. The Morgan fingerprint density at radius 1 is 1.07 bits per heavy atom.